The zero-order valence-electron chi connectivity index (χ0n) is 13.3. The largest absolute Gasteiger partial charge is 0.385 e. The molecule has 0 saturated carbocycles. The average molecular weight is 314 g/mol. The second-order valence-corrected chi connectivity index (χ2v) is 5.06. The van der Waals surface area contributed by atoms with Crippen molar-refractivity contribution in [2.24, 2.45) is 0 Å². The second-order valence-electron chi connectivity index (χ2n) is 5.06. The molecule has 0 spiro atoms. The molecule has 0 radical (unpaired) electrons. The summed E-state index contributed by atoms with van der Waals surface area (Å²) >= 11 is 0. The number of nitrogens with one attached hydrogen (secondary N) is 2. The standard InChI is InChI=1S/C17H22N4O2/c1-23-11-5-9-18-16(22)15-12-20-17(21-13-15)19-10-8-14-6-3-2-4-7-14/h2-4,6-7,12-13H,5,8-11H2,1H3,(H,18,22)(H,19,20,21). The van der Waals surface area contributed by atoms with Gasteiger partial charge in [0.25, 0.3) is 5.91 Å². The van der Waals surface area contributed by atoms with E-state index in [1.54, 1.807) is 7.11 Å². The van der Waals surface area contributed by atoms with E-state index in [4.69, 9.17) is 4.74 Å². The highest BCUT2D eigenvalue weighted by atomic mass is 16.5. The van der Waals surface area contributed by atoms with Gasteiger partial charge in [0.2, 0.25) is 5.95 Å². The predicted octanol–water partition coefficient (Wildman–Crippen LogP) is 1.90. The molecule has 0 aliphatic heterocycles. The van der Waals surface area contributed by atoms with Crippen LogP contribution in [0.1, 0.15) is 22.3 Å². The monoisotopic (exact) mass is 314 g/mol. The van der Waals surface area contributed by atoms with Crippen LogP contribution in [-0.2, 0) is 11.2 Å². The number of hydrogen-bond donors (Lipinski definition) is 2. The molecule has 0 unspecified atom stereocenters. The maximum atomic E-state index is 11.9. The number of benzene rings is 1. The minimum Gasteiger partial charge on any atom is -0.385 e. The first-order valence-electron chi connectivity index (χ1n) is 7.66. The van der Waals surface area contributed by atoms with Gasteiger partial charge in [0.05, 0.1) is 5.56 Å². The van der Waals surface area contributed by atoms with Gasteiger partial charge in [0, 0.05) is 39.2 Å². The van der Waals surface area contributed by atoms with Crippen molar-refractivity contribution in [2.45, 2.75) is 12.8 Å². The molecule has 1 heterocycles. The Morgan fingerprint density at radius 3 is 2.57 bits per heavy atom. The van der Waals surface area contributed by atoms with Gasteiger partial charge < -0.3 is 15.4 Å². The summed E-state index contributed by atoms with van der Waals surface area (Å²) < 4.78 is 4.93. The van der Waals surface area contributed by atoms with E-state index in [1.807, 2.05) is 18.2 Å². The molecule has 0 atom stereocenters. The molecule has 2 aromatic rings. The maximum absolute atomic E-state index is 11.9. The number of carbonyl (C=O) groups is 1. The summed E-state index contributed by atoms with van der Waals surface area (Å²) in [6.45, 7) is 1.94. The second kappa shape index (κ2) is 9.53. The number of hydrogen-bond acceptors (Lipinski definition) is 5. The normalized spacial score (nSPS) is 10.3. The lowest BCUT2D eigenvalue weighted by Gasteiger charge is -2.06. The topological polar surface area (TPSA) is 76.1 Å². The molecule has 6 nitrogen and oxygen atoms in total. The van der Waals surface area contributed by atoms with Crippen LogP contribution in [0.25, 0.3) is 0 Å². The highest BCUT2D eigenvalue weighted by Gasteiger charge is 2.06. The Morgan fingerprint density at radius 2 is 1.87 bits per heavy atom. The molecule has 2 N–H and O–H groups in total. The summed E-state index contributed by atoms with van der Waals surface area (Å²) in [7, 11) is 1.64. The molecule has 2 rings (SSSR count). The molecule has 0 saturated heterocycles. The van der Waals surface area contributed by atoms with Crippen molar-refractivity contribution in [1.82, 2.24) is 15.3 Å². The van der Waals surface area contributed by atoms with Gasteiger partial charge in [0.1, 0.15) is 0 Å². The van der Waals surface area contributed by atoms with E-state index >= 15 is 0 Å². The van der Waals surface area contributed by atoms with Crippen LogP contribution in [0.5, 0.6) is 0 Å². The number of anilines is 1. The molecule has 122 valence electrons. The van der Waals surface area contributed by atoms with Crippen molar-refractivity contribution >= 4 is 11.9 Å². The van der Waals surface area contributed by atoms with Crippen LogP contribution < -0.4 is 10.6 Å². The van der Waals surface area contributed by atoms with Gasteiger partial charge in [-0.15, -0.1) is 0 Å². The summed E-state index contributed by atoms with van der Waals surface area (Å²) in [5, 5.41) is 5.95. The first-order chi connectivity index (χ1) is 11.3. The van der Waals surface area contributed by atoms with Crippen molar-refractivity contribution in [2.75, 3.05) is 32.1 Å². The van der Waals surface area contributed by atoms with Gasteiger partial charge in [-0.1, -0.05) is 30.3 Å². The minimum atomic E-state index is -0.170. The Labute approximate surface area is 136 Å². The van der Waals surface area contributed by atoms with E-state index in [2.05, 4.69) is 32.7 Å². The van der Waals surface area contributed by atoms with Crippen molar-refractivity contribution in [1.29, 1.82) is 0 Å². The van der Waals surface area contributed by atoms with Crippen molar-refractivity contribution in [3.8, 4) is 0 Å². The first kappa shape index (κ1) is 16.9. The van der Waals surface area contributed by atoms with Crippen LogP contribution in [0.2, 0.25) is 0 Å². The Hall–Kier alpha value is -2.47. The van der Waals surface area contributed by atoms with Crippen LogP contribution in [0.4, 0.5) is 5.95 Å². The molecule has 6 heteroatoms. The summed E-state index contributed by atoms with van der Waals surface area (Å²) in [5.74, 6) is 0.355. The van der Waals surface area contributed by atoms with Crippen LogP contribution in [-0.4, -0.2) is 42.7 Å². The molecule has 1 aromatic heterocycles. The molecular formula is C17H22N4O2. The van der Waals surface area contributed by atoms with Crippen molar-refractivity contribution in [3.05, 3.63) is 53.9 Å². The zero-order valence-corrected chi connectivity index (χ0v) is 13.3. The van der Waals surface area contributed by atoms with E-state index in [9.17, 15) is 4.79 Å². The van der Waals surface area contributed by atoms with Gasteiger partial charge >= 0.3 is 0 Å². The van der Waals surface area contributed by atoms with E-state index in [0.29, 0.717) is 24.7 Å². The number of methoxy groups -OCH3 is 1. The number of carbonyl (C=O) groups excluding carboxylic acids is 1. The van der Waals surface area contributed by atoms with Crippen molar-refractivity contribution < 1.29 is 9.53 Å². The zero-order chi connectivity index (χ0) is 16.3. The molecule has 1 amide bonds. The molecule has 1 aromatic carbocycles. The average Bonchev–Trinajstić information content (AvgIpc) is 2.60. The SMILES string of the molecule is COCCCNC(=O)c1cnc(NCCc2ccccc2)nc1. The molecule has 0 aliphatic carbocycles. The first-order valence-corrected chi connectivity index (χ1v) is 7.66. The molecule has 0 bridgehead atoms. The fraction of sp³-hybridized carbons (Fsp3) is 0.353. The summed E-state index contributed by atoms with van der Waals surface area (Å²) in [6.07, 6.45) is 4.74. The van der Waals surface area contributed by atoms with Gasteiger partial charge in [-0.3, -0.25) is 4.79 Å². The predicted molar refractivity (Wildman–Crippen MR) is 89.5 cm³/mol. The number of rotatable bonds is 9. The lowest BCUT2D eigenvalue weighted by Crippen LogP contribution is -2.25. The number of ether oxygens (including phenoxy) is 1. The van der Waals surface area contributed by atoms with E-state index in [0.717, 1.165) is 19.4 Å². The Balaban J connectivity index is 1.74. The molecule has 23 heavy (non-hydrogen) atoms. The van der Waals surface area contributed by atoms with Gasteiger partial charge in [-0.05, 0) is 18.4 Å². The van der Waals surface area contributed by atoms with Gasteiger partial charge in [0.15, 0.2) is 0 Å². The smallest absolute Gasteiger partial charge is 0.254 e. The van der Waals surface area contributed by atoms with Crippen molar-refractivity contribution in [3.63, 3.8) is 0 Å². The third kappa shape index (κ3) is 6.04. The van der Waals surface area contributed by atoms with E-state index in [1.165, 1.54) is 18.0 Å². The fourth-order valence-electron chi connectivity index (χ4n) is 2.02. The van der Waals surface area contributed by atoms with Crippen LogP contribution in [0, 0.1) is 0 Å². The Bertz CT molecular complexity index is 587. The van der Waals surface area contributed by atoms with Crippen LogP contribution in [0.3, 0.4) is 0 Å². The lowest BCUT2D eigenvalue weighted by molar-refractivity contribution is 0.0948. The minimum absolute atomic E-state index is 0.170. The van der Waals surface area contributed by atoms with Gasteiger partial charge in [-0.2, -0.15) is 0 Å². The highest BCUT2D eigenvalue weighted by molar-refractivity contribution is 5.93. The summed E-state index contributed by atoms with van der Waals surface area (Å²) in [6, 6.07) is 10.2. The van der Waals surface area contributed by atoms with E-state index < -0.39 is 0 Å². The lowest BCUT2D eigenvalue weighted by atomic mass is 10.1. The van der Waals surface area contributed by atoms with E-state index in [-0.39, 0.29) is 5.91 Å². The summed E-state index contributed by atoms with van der Waals surface area (Å²) in [4.78, 5) is 20.2. The van der Waals surface area contributed by atoms with Gasteiger partial charge in [-0.25, -0.2) is 9.97 Å². The highest BCUT2D eigenvalue weighted by Crippen LogP contribution is 2.03. The quantitative estimate of drug-likeness (QED) is 0.691. The fourth-order valence-corrected chi connectivity index (χ4v) is 2.02. The molecular weight excluding hydrogens is 292 g/mol. The third-order valence-corrected chi connectivity index (χ3v) is 3.26. The number of nitrogens with zero attached hydrogens (tertiary/aromatic N) is 2. The summed E-state index contributed by atoms with van der Waals surface area (Å²) in [5.41, 5.74) is 1.71. The van der Waals surface area contributed by atoms with Crippen LogP contribution in [0.15, 0.2) is 42.7 Å². The molecule has 0 aliphatic rings. The Morgan fingerprint density at radius 1 is 1.13 bits per heavy atom. The third-order valence-electron chi connectivity index (χ3n) is 3.26. The Kier molecular flexibility index (Phi) is 7.00. The number of aromatic nitrogens is 2. The maximum Gasteiger partial charge on any atom is 0.254 e. The van der Waals surface area contributed by atoms with Crippen LogP contribution >= 0.6 is 0 Å². The number of amides is 1. The molecule has 0 fully saturated rings.